The second kappa shape index (κ2) is 6.89. The number of nitrogens with zero attached hydrogens (tertiary/aromatic N) is 1. The summed E-state index contributed by atoms with van der Waals surface area (Å²) >= 11 is 6.02. The predicted molar refractivity (Wildman–Crippen MR) is 78.6 cm³/mol. The number of carbonyl (C=O) groups excluding carboxylic acids is 1. The van der Waals surface area contributed by atoms with Crippen molar-refractivity contribution in [2.75, 3.05) is 32.0 Å². The van der Waals surface area contributed by atoms with Gasteiger partial charge in [-0.2, -0.15) is 0 Å². The second-order valence-corrected chi connectivity index (χ2v) is 5.35. The minimum absolute atomic E-state index is 0.0267. The first kappa shape index (κ1) is 14.3. The van der Waals surface area contributed by atoms with Crippen LogP contribution in [0.25, 0.3) is 0 Å². The van der Waals surface area contributed by atoms with Crippen LogP contribution >= 0.6 is 11.6 Å². The van der Waals surface area contributed by atoms with Crippen LogP contribution in [0.15, 0.2) is 24.3 Å². The molecule has 0 saturated carbocycles. The average Bonchev–Trinajstić information content (AvgIpc) is 2.42. The van der Waals surface area contributed by atoms with E-state index in [0.29, 0.717) is 23.3 Å². The molecule has 0 aliphatic carbocycles. The van der Waals surface area contributed by atoms with E-state index in [1.807, 2.05) is 25.2 Å². The average molecular weight is 282 g/mol. The summed E-state index contributed by atoms with van der Waals surface area (Å²) in [5, 5.41) is 6.77. The lowest BCUT2D eigenvalue weighted by Crippen LogP contribution is -2.46. The highest BCUT2D eigenvalue weighted by molar-refractivity contribution is 6.33. The van der Waals surface area contributed by atoms with Gasteiger partial charge in [0.25, 0.3) is 0 Å². The Hall–Kier alpha value is -1.10. The van der Waals surface area contributed by atoms with Gasteiger partial charge in [-0.25, -0.2) is 0 Å². The molecule has 1 unspecified atom stereocenters. The Morgan fingerprint density at radius 1 is 1.53 bits per heavy atom. The van der Waals surface area contributed by atoms with Gasteiger partial charge in [0.1, 0.15) is 0 Å². The number of rotatable bonds is 4. The maximum Gasteiger partial charge on any atom is 0.238 e. The van der Waals surface area contributed by atoms with Crippen molar-refractivity contribution in [2.45, 2.75) is 18.9 Å². The van der Waals surface area contributed by atoms with Gasteiger partial charge in [0.2, 0.25) is 5.91 Å². The Morgan fingerprint density at radius 3 is 3.00 bits per heavy atom. The Labute approximate surface area is 119 Å². The maximum absolute atomic E-state index is 12.0. The number of para-hydroxylation sites is 1. The first-order chi connectivity index (χ1) is 9.16. The molecular formula is C14H20ClN3O. The van der Waals surface area contributed by atoms with E-state index in [9.17, 15) is 4.79 Å². The van der Waals surface area contributed by atoms with E-state index in [2.05, 4.69) is 15.5 Å². The van der Waals surface area contributed by atoms with E-state index in [1.165, 1.54) is 6.42 Å². The van der Waals surface area contributed by atoms with E-state index in [4.69, 9.17) is 11.6 Å². The van der Waals surface area contributed by atoms with Crippen LogP contribution in [0.3, 0.4) is 0 Å². The Bertz CT molecular complexity index is 432. The zero-order chi connectivity index (χ0) is 13.7. The number of carbonyl (C=O) groups is 1. The molecule has 1 aromatic carbocycles. The number of hydrogen-bond donors (Lipinski definition) is 2. The molecule has 5 heteroatoms. The van der Waals surface area contributed by atoms with Gasteiger partial charge in [0.15, 0.2) is 0 Å². The van der Waals surface area contributed by atoms with Crippen LogP contribution in [0.2, 0.25) is 5.02 Å². The van der Waals surface area contributed by atoms with Gasteiger partial charge in [-0.3, -0.25) is 9.69 Å². The van der Waals surface area contributed by atoms with Crippen LogP contribution in [0, 0.1) is 0 Å². The van der Waals surface area contributed by atoms with Crippen LogP contribution in [0.4, 0.5) is 5.69 Å². The van der Waals surface area contributed by atoms with Gasteiger partial charge in [0.05, 0.1) is 17.3 Å². The lowest BCUT2D eigenvalue weighted by Gasteiger charge is -2.31. The second-order valence-electron chi connectivity index (χ2n) is 4.94. The zero-order valence-corrected chi connectivity index (χ0v) is 11.9. The molecular weight excluding hydrogens is 262 g/mol. The van der Waals surface area contributed by atoms with Gasteiger partial charge < -0.3 is 10.6 Å². The van der Waals surface area contributed by atoms with E-state index in [1.54, 1.807) is 6.07 Å². The molecule has 0 spiro atoms. The summed E-state index contributed by atoms with van der Waals surface area (Å²) in [5.74, 6) is -0.0267. The molecule has 1 aliphatic rings. The SMILES string of the molecule is CN(CC(=O)Nc1ccccc1Cl)C1CCCNC1. The molecule has 1 saturated heterocycles. The quantitative estimate of drug-likeness (QED) is 0.887. The molecule has 1 aliphatic heterocycles. The number of amides is 1. The smallest absolute Gasteiger partial charge is 0.238 e. The monoisotopic (exact) mass is 281 g/mol. The minimum atomic E-state index is -0.0267. The topological polar surface area (TPSA) is 44.4 Å². The molecule has 1 aromatic rings. The highest BCUT2D eigenvalue weighted by Crippen LogP contribution is 2.20. The van der Waals surface area contributed by atoms with E-state index in [-0.39, 0.29) is 5.91 Å². The van der Waals surface area contributed by atoms with Crippen molar-refractivity contribution < 1.29 is 4.79 Å². The van der Waals surface area contributed by atoms with Crippen LogP contribution < -0.4 is 10.6 Å². The summed E-state index contributed by atoms with van der Waals surface area (Å²) in [6.07, 6.45) is 2.31. The molecule has 4 nitrogen and oxygen atoms in total. The third kappa shape index (κ3) is 4.20. The Balaban J connectivity index is 1.85. The molecule has 2 rings (SSSR count). The molecule has 2 N–H and O–H groups in total. The lowest BCUT2D eigenvalue weighted by molar-refractivity contribution is -0.117. The van der Waals surface area contributed by atoms with Crippen molar-refractivity contribution >= 4 is 23.2 Å². The highest BCUT2D eigenvalue weighted by Gasteiger charge is 2.19. The predicted octanol–water partition coefficient (Wildman–Crippen LogP) is 1.96. The third-order valence-electron chi connectivity index (χ3n) is 3.44. The highest BCUT2D eigenvalue weighted by atomic mass is 35.5. The van der Waals surface area contributed by atoms with Crippen molar-refractivity contribution in [3.63, 3.8) is 0 Å². The summed E-state index contributed by atoms with van der Waals surface area (Å²) in [7, 11) is 1.99. The van der Waals surface area contributed by atoms with Crippen molar-refractivity contribution in [3.05, 3.63) is 29.3 Å². The van der Waals surface area contributed by atoms with E-state index >= 15 is 0 Å². The number of hydrogen-bond acceptors (Lipinski definition) is 3. The minimum Gasteiger partial charge on any atom is -0.324 e. The summed E-state index contributed by atoms with van der Waals surface area (Å²) in [6.45, 7) is 2.42. The van der Waals surface area contributed by atoms with Crippen molar-refractivity contribution in [3.8, 4) is 0 Å². The molecule has 0 radical (unpaired) electrons. The lowest BCUT2D eigenvalue weighted by atomic mass is 10.1. The van der Waals surface area contributed by atoms with E-state index in [0.717, 1.165) is 19.5 Å². The van der Waals surface area contributed by atoms with Gasteiger partial charge in [-0.15, -0.1) is 0 Å². The van der Waals surface area contributed by atoms with E-state index < -0.39 is 0 Å². The summed E-state index contributed by atoms with van der Waals surface area (Å²) in [4.78, 5) is 14.1. The van der Waals surface area contributed by atoms with Gasteiger partial charge in [0, 0.05) is 12.6 Å². The largest absolute Gasteiger partial charge is 0.324 e. The number of likely N-dealkylation sites (N-methyl/N-ethyl adjacent to an activating group) is 1. The Kier molecular flexibility index (Phi) is 5.19. The molecule has 1 amide bonds. The molecule has 1 atom stereocenters. The first-order valence-corrected chi connectivity index (χ1v) is 7.00. The molecule has 0 bridgehead atoms. The summed E-state index contributed by atoms with van der Waals surface area (Å²) < 4.78 is 0. The number of nitrogens with one attached hydrogen (secondary N) is 2. The van der Waals surface area contributed by atoms with Crippen molar-refractivity contribution in [1.82, 2.24) is 10.2 Å². The standard InChI is InChI=1S/C14H20ClN3O/c1-18(11-5-4-8-16-9-11)10-14(19)17-13-7-3-2-6-12(13)15/h2-3,6-7,11,16H,4-5,8-10H2,1H3,(H,17,19). The number of halogens is 1. The molecule has 1 heterocycles. The Morgan fingerprint density at radius 2 is 2.32 bits per heavy atom. The van der Waals surface area contributed by atoms with Crippen molar-refractivity contribution in [1.29, 1.82) is 0 Å². The maximum atomic E-state index is 12.0. The third-order valence-corrected chi connectivity index (χ3v) is 3.76. The molecule has 1 fully saturated rings. The van der Waals surface area contributed by atoms with Crippen molar-refractivity contribution in [2.24, 2.45) is 0 Å². The molecule has 104 valence electrons. The van der Waals surface area contributed by atoms with Gasteiger partial charge in [-0.05, 0) is 38.6 Å². The zero-order valence-electron chi connectivity index (χ0n) is 11.2. The fourth-order valence-corrected chi connectivity index (χ4v) is 2.50. The van der Waals surface area contributed by atoms with Crippen LogP contribution in [-0.4, -0.2) is 43.5 Å². The summed E-state index contributed by atoms with van der Waals surface area (Å²) in [6, 6.07) is 7.72. The van der Waals surface area contributed by atoms with Gasteiger partial charge >= 0.3 is 0 Å². The van der Waals surface area contributed by atoms with Crippen LogP contribution in [0.5, 0.6) is 0 Å². The number of anilines is 1. The molecule has 19 heavy (non-hydrogen) atoms. The normalized spacial score (nSPS) is 19.4. The number of piperidine rings is 1. The summed E-state index contributed by atoms with van der Waals surface area (Å²) in [5.41, 5.74) is 0.671. The first-order valence-electron chi connectivity index (χ1n) is 6.62. The molecule has 0 aromatic heterocycles. The van der Waals surface area contributed by atoms with Crippen LogP contribution in [0.1, 0.15) is 12.8 Å². The number of benzene rings is 1. The van der Waals surface area contributed by atoms with Gasteiger partial charge in [-0.1, -0.05) is 23.7 Å². The van der Waals surface area contributed by atoms with Crippen LogP contribution in [-0.2, 0) is 4.79 Å². The fourth-order valence-electron chi connectivity index (χ4n) is 2.32. The fraction of sp³-hybridized carbons (Fsp3) is 0.500.